The molecule has 0 bridgehead atoms. The molecule has 0 radical (unpaired) electrons. The number of benzene rings is 2. The van der Waals surface area contributed by atoms with Crippen molar-refractivity contribution >= 4 is 23.8 Å². The van der Waals surface area contributed by atoms with E-state index in [1.165, 1.54) is 6.92 Å². The molecule has 224 valence electrons. The number of hydrogen-bond acceptors (Lipinski definition) is 3. The van der Waals surface area contributed by atoms with Gasteiger partial charge in [0.2, 0.25) is 0 Å². The minimum atomic E-state index is -5.90. The molecule has 5 nitrogen and oxygen atoms in total. The largest absolute Gasteiger partial charge is 0.444 e. The van der Waals surface area contributed by atoms with Gasteiger partial charge in [0.15, 0.2) is 0 Å². The number of alkyl carbamates (subject to hydrolysis) is 1. The molecule has 1 aliphatic carbocycles. The van der Waals surface area contributed by atoms with Gasteiger partial charge in [-0.05, 0) is 93.0 Å². The molecule has 0 saturated carbocycles. The normalized spacial score (nSPS) is 17.2. The number of halogens is 6. The van der Waals surface area contributed by atoms with Crippen LogP contribution in [-0.2, 0) is 23.2 Å². The van der Waals surface area contributed by atoms with Crippen molar-refractivity contribution < 1.29 is 40.7 Å². The van der Waals surface area contributed by atoms with Crippen molar-refractivity contribution in [1.29, 1.82) is 0 Å². The zero-order valence-electron chi connectivity index (χ0n) is 23.6. The number of hydrogen-bond donors (Lipinski definition) is 2. The van der Waals surface area contributed by atoms with Gasteiger partial charge in [0.1, 0.15) is 5.60 Å². The Labute approximate surface area is 235 Å². The first-order valence-corrected chi connectivity index (χ1v) is 13.2. The third kappa shape index (κ3) is 6.70. The molecule has 1 aliphatic rings. The van der Waals surface area contributed by atoms with E-state index in [0.717, 1.165) is 23.6 Å². The average molecular weight is 585 g/mol. The summed E-state index contributed by atoms with van der Waals surface area (Å²) in [4.78, 5) is 25.5. The van der Waals surface area contributed by atoms with Crippen molar-refractivity contribution in [1.82, 2.24) is 5.32 Å². The topological polar surface area (TPSA) is 67.4 Å². The summed E-state index contributed by atoms with van der Waals surface area (Å²) in [5.74, 6) is -5.39. The zero-order valence-corrected chi connectivity index (χ0v) is 23.6. The standard InChI is InChI=1S/C30H34F6N2O3/c1-7-17-15-21(29(33,28(6,31)32)30(34,35)36)16-18(8-2)24(17)38-25(39)20-12-13-22-19(14-20)10-9-11-23(22)37-26(40)41-27(3,4)5/h7,12-16,23H,1,8-11H2,2-6H3,(H,37,40)(H,38,39). The number of alkyl halides is 6. The smallest absolute Gasteiger partial charge is 0.432 e. The van der Waals surface area contributed by atoms with Crippen LogP contribution in [-0.4, -0.2) is 29.7 Å². The first-order valence-electron chi connectivity index (χ1n) is 13.2. The molecule has 2 N–H and O–H groups in total. The number of anilines is 1. The van der Waals surface area contributed by atoms with E-state index >= 15 is 4.39 Å². The first kappa shape index (κ1) is 32.0. The Morgan fingerprint density at radius 3 is 2.24 bits per heavy atom. The Balaban J connectivity index is 1.94. The summed E-state index contributed by atoms with van der Waals surface area (Å²) in [6, 6.07) is 5.94. The molecule has 41 heavy (non-hydrogen) atoms. The Bertz CT molecular complexity index is 1310. The van der Waals surface area contributed by atoms with Gasteiger partial charge in [-0.1, -0.05) is 25.6 Å². The van der Waals surface area contributed by atoms with Crippen molar-refractivity contribution in [2.24, 2.45) is 0 Å². The summed E-state index contributed by atoms with van der Waals surface area (Å²) < 4.78 is 89.4. The second-order valence-electron chi connectivity index (χ2n) is 11.2. The minimum absolute atomic E-state index is 0.00964. The molecule has 0 fully saturated rings. The van der Waals surface area contributed by atoms with Crippen molar-refractivity contribution in [3.05, 3.63) is 70.3 Å². The van der Waals surface area contributed by atoms with E-state index in [9.17, 15) is 31.5 Å². The fourth-order valence-corrected chi connectivity index (χ4v) is 4.92. The number of rotatable bonds is 7. The maximum Gasteiger partial charge on any atom is 0.432 e. The molecule has 2 atom stereocenters. The van der Waals surface area contributed by atoms with E-state index in [2.05, 4.69) is 17.2 Å². The highest BCUT2D eigenvalue weighted by atomic mass is 19.4. The summed E-state index contributed by atoms with van der Waals surface area (Å²) in [6.45, 7) is 10.2. The van der Waals surface area contributed by atoms with E-state index < -0.39 is 40.9 Å². The van der Waals surface area contributed by atoms with Crippen molar-refractivity contribution in [2.45, 2.75) is 89.7 Å². The van der Waals surface area contributed by atoms with Gasteiger partial charge >= 0.3 is 12.3 Å². The van der Waals surface area contributed by atoms with Crippen LogP contribution in [0.3, 0.4) is 0 Å². The van der Waals surface area contributed by atoms with Crippen LogP contribution < -0.4 is 10.6 Å². The van der Waals surface area contributed by atoms with Gasteiger partial charge < -0.3 is 15.4 Å². The van der Waals surface area contributed by atoms with Crippen LogP contribution >= 0.6 is 0 Å². The number of ether oxygens (including phenoxy) is 1. The van der Waals surface area contributed by atoms with Gasteiger partial charge in [-0.25, -0.2) is 18.0 Å². The van der Waals surface area contributed by atoms with Gasteiger partial charge in [-0.3, -0.25) is 4.79 Å². The zero-order chi connectivity index (χ0) is 31.0. The van der Waals surface area contributed by atoms with E-state index in [1.807, 2.05) is 0 Å². The Morgan fingerprint density at radius 2 is 1.71 bits per heavy atom. The molecular weight excluding hydrogens is 550 g/mol. The Hall–Kier alpha value is -3.50. The van der Waals surface area contributed by atoms with Crippen LogP contribution in [0, 0.1) is 0 Å². The lowest BCUT2D eigenvalue weighted by molar-refractivity contribution is -0.304. The van der Waals surface area contributed by atoms with Gasteiger partial charge in [0, 0.05) is 18.1 Å². The highest BCUT2D eigenvalue weighted by Crippen LogP contribution is 2.53. The van der Waals surface area contributed by atoms with Gasteiger partial charge in [-0.15, -0.1) is 0 Å². The summed E-state index contributed by atoms with van der Waals surface area (Å²) >= 11 is 0. The van der Waals surface area contributed by atoms with E-state index in [4.69, 9.17) is 4.74 Å². The number of nitrogens with one attached hydrogen (secondary N) is 2. The molecule has 0 saturated heterocycles. The minimum Gasteiger partial charge on any atom is -0.444 e. The number of aryl methyl sites for hydroxylation is 2. The molecule has 2 aromatic carbocycles. The van der Waals surface area contributed by atoms with E-state index in [1.54, 1.807) is 39.0 Å². The number of carbonyl (C=O) groups is 2. The van der Waals surface area contributed by atoms with E-state index in [0.29, 0.717) is 25.0 Å². The SMILES string of the molecule is C=Cc1cc(C(F)(C(C)(F)F)C(F)(F)F)cc(CC)c1NC(=O)c1ccc2c(c1)CCCC2NC(=O)OC(C)(C)C. The maximum atomic E-state index is 15.2. The molecule has 0 aromatic heterocycles. The molecule has 2 aromatic rings. The summed E-state index contributed by atoms with van der Waals surface area (Å²) in [6.07, 6.45) is -3.31. The lowest BCUT2D eigenvalue weighted by atomic mass is 9.85. The predicted octanol–water partition coefficient (Wildman–Crippen LogP) is 8.43. The van der Waals surface area contributed by atoms with Crippen LogP contribution in [0.25, 0.3) is 6.08 Å². The summed E-state index contributed by atoms with van der Waals surface area (Å²) in [5, 5.41) is 5.49. The molecule has 0 spiro atoms. The van der Waals surface area contributed by atoms with Crippen LogP contribution in [0.2, 0.25) is 0 Å². The molecular formula is C30H34F6N2O3. The van der Waals surface area contributed by atoms with Gasteiger partial charge in [0.25, 0.3) is 17.5 Å². The Morgan fingerprint density at radius 1 is 1.05 bits per heavy atom. The summed E-state index contributed by atoms with van der Waals surface area (Å²) in [5.41, 5.74) is -5.07. The van der Waals surface area contributed by atoms with Crippen LogP contribution in [0.5, 0.6) is 0 Å². The van der Waals surface area contributed by atoms with E-state index in [-0.39, 0.29) is 41.8 Å². The molecule has 0 aliphatic heterocycles. The number of fused-ring (bicyclic) bond motifs is 1. The van der Waals surface area contributed by atoms with Crippen LogP contribution in [0.4, 0.5) is 36.8 Å². The second kappa shape index (κ2) is 11.4. The number of amides is 2. The maximum absolute atomic E-state index is 15.2. The molecule has 2 amide bonds. The summed E-state index contributed by atoms with van der Waals surface area (Å²) in [7, 11) is 0. The van der Waals surface area contributed by atoms with Crippen molar-refractivity contribution in [2.75, 3.05) is 5.32 Å². The second-order valence-corrected chi connectivity index (χ2v) is 11.2. The van der Waals surface area contributed by atoms with Gasteiger partial charge in [-0.2, -0.15) is 13.2 Å². The third-order valence-corrected chi connectivity index (χ3v) is 6.89. The lowest BCUT2D eigenvalue weighted by Gasteiger charge is -2.34. The molecule has 3 rings (SSSR count). The fourth-order valence-electron chi connectivity index (χ4n) is 4.92. The Kier molecular flexibility index (Phi) is 8.91. The van der Waals surface area contributed by atoms with Crippen LogP contribution in [0.15, 0.2) is 36.9 Å². The third-order valence-electron chi connectivity index (χ3n) is 6.89. The molecule has 11 heteroatoms. The highest BCUT2D eigenvalue weighted by Gasteiger charge is 2.70. The highest BCUT2D eigenvalue weighted by molar-refractivity contribution is 6.06. The lowest BCUT2D eigenvalue weighted by Crippen LogP contribution is -2.51. The number of carbonyl (C=O) groups excluding carboxylic acids is 2. The van der Waals surface area contributed by atoms with Crippen molar-refractivity contribution in [3.8, 4) is 0 Å². The fraction of sp³-hybridized carbons (Fsp3) is 0.467. The monoisotopic (exact) mass is 584 g/mol. The quantitative estimate of drug-likeness (QED) is 0.321. The van der Waals surface area contributed by atoms with Crippen LogP contribution in [0.1, 0.15) is 91.7 Å². The molecule has 0 heterocycles. The predicted molar refractivity (Wildman–Crippen MR) is 145 cm³/mol. The van der Waals surface area contributed by atoms with Gasteiger partial charge in [0.05, 0.1) is 11.7 Å². The first-order chi connectivity index (χ1) is 18.8. The average Bonchev–Trinajstić information content (AvgIpc) is 2.85. The molecule has 2 unspecified atom stereocenters. The van der Waals surface area contributed by atoms with Crippen molar-refractivity contribution in [3.63, 3.8) is 0 Å².